The van der Waals surface area contributed by atoms with Crippen molar-refractivity contribution >= 4 is 47.3 Å². The van der Waals surface area contributed by atoms with E-state index in [1.54, 1.807) is 13.8 Å². The van der Waals surface area contributed by atoms with Crippen molar-refractivity contribution in [3.63, 3.8) is 0 Å². The van der Waals surface area contributed by atoms with Gasteiger partial charge in [-0.3, -0.25) is 33.6 Å². The van der Waals surface area contributed by atoms with Gasteiger partial charge in [0.1, 0.15) is 30.2 Å². The number of nitrogens with one attached hydrogen (secondary N) is 4. The molecular formula is C26H44N8O10. The Morgan fingerprint density at radius 3 is 1.93 bits per heavy atom. The lowest BCUT2D eigenvalue weighted by Crippen LogP contribution is -2.59. The Morgan fingerprint density at radius 2 is 1.41 bits per heavy atom. The first-order valence-corrected chi connectivity index (χ1v) is 14.2. The molecule has 12 N–H and O–H groups in total. The summed E-state index contributed by atoms with van der Waals surface area (Å²) in [5.74, 6) is -7.19. The molecule has 0 radical (unpaired) electrons. The summed E-state index contributed by atoms with van der Waals surface area (Å²) < 4.78 is 0. The summed E-state index contributed by atoms with van der Waals surface area (Å²) in [6.07, 6.45) is 0.0825. The number of nitrogens with zero attached hydrogens (tertiary/aromatic N) is 1. The molecule has 6 atom stereocenters. The quantitative estimate of drug-likeness (QED) is 0.0697. The summed E-state index contributed by atoms with van der Waals surface area (Å²) >= 11 is 0. The third-order valence-corrected chi connectivity index (χ3v) is 6.97. The summed E-state index contributed by atoms with van der Waals surface area (Å²) in [5, 5.41) is 27.7. The predicted octanol–water partition coefficient (Wildman–Crippen LogP) is -4.47. The van der Waals surface area contributed by atoms with E-state index in [0.717, 1.165) is 0 Å². The molecule has 1 rings (SSSR count). The Hall–Kier alpha value is -4.32. The van der Waals surface area contributed by atoms with E-state index in [9.17, 15) is 43.5 Å². The van der Waals surface area contributed by atoms with Crippen molar-refractivity contribution in [2.75, 3.05) is 13.2 Å². The fourth-order valence-corrected chi connectivity index (χ4v) is 4.40. The standard InChI is InChI=1S/C26H44N8O10/c1-12(2)20(24(41)32-16(11-35)26(43)44)33-21(38)13(3)30-22(39)15(7-9-19(29)37)31-23(40)17-5-4-10-34(17)25(42)14(27)6-8-18(28)36/h12-17,20,35H,4-11,27H2,1-3H3,(H2,28,36)(H2,29,37)(H,30,39)(H,31,40)(H,32,41)(H,33,38)(H,43,44)/t13-,14-,15-,16-,17-,20-/m0/s1. The lowest BCUT2D eigenvalue weighted by molar-refractivity contribution is -0.143. The molecule has 0 aromatic heterocycles. The Balaban J connectivity index is 2.96. The van der Waals surface area contributed by atoms with E-state index < -0.39 is 96.1 Å². The molecule has 7 amide bonds. The minimum Gasteiger partial charge on any atom is -0.480 e. The molecule has 0 spiro atoms. The topological polar surface area (TPSA) is 306 Å². The zero-order valence-corrected chi connectivity index (χ0v) is 25.0. The molecule has 1 aliphatic rings. The summed E-state index contributed by atoms with van der Waals surface area (Å²) in [7, 11) is 0. The maximum absolute atomic E-state index is 13.2. The molecule has 1 saturated heterocycles. The van der Waals surface area contributed by atoms with Gasteiger partial charge in [0.2, 0.25) is 41.4 Å². The van der Waals surface area contributed by atoms with Crippen molar-refractivity contribution in [3.8, 4) is 0 Å². The normalized spacial score (nSPS) is 17.9. The number of nitrogens with two attached hydrogens (primary N) is 3. The van der Waals surface area contributed by atoms with Crippen LogP contribution in [0.4, 0.5) is 0 Å². The molecule has 44 heavy (non-hydrogen) atoms. The van der Waals surface area contributed by atoms with Gasteiger partial charge in [0, 0.05) is 19.4 Å². The van der Waals surface area contributed by atoms with Gasteiger partial charge in [-0.1, -0.05) is 13.8 Å². The molecule has 18 nitrogen and oxygen atoms in total. The average molecular weight is 629 g/mol. The second-order valence-corrected chi connectivity index (χ2v) is 10.9. The van der Waals surface area contributed by atoms with Crippen LogP contribution in [-0.4, -0.2) is 112 Å². The van der Waals surface area contributed by atoms with Crippen LogP contribution in [0.3, 0.4) is 0 Å². The van der Waals surface area contributed by atoms with E-state index in [4.69, 9.17) is 22.3 Å². The second-order valence-electron chi connectivity index (χ2n) is 10.9. The van der Waals surface area contributed by atoms with Crippen LogP contribution in [0.2, 0.25) is 0 Å². The van der Waals surface area contributed by atoms with Gasteiger partial charge in [-0.2, -0.15) is 0 Å². The second kappa shape index (κ2) is 17.7. The number of hydrogen-bond acceptors (Lipinski definition) is 10. The summed E-state index contributed by atoms with van der Waals surface area (Å²) in [6.45, 7) is 3.81. The van der Waals surface area contributed by atoms with Gasteiger partial charge in [0.15, 0.2) is 0 Å². The van der Waals surface area contributed by atoms with Crippen molar-refractivity contribution in [2.24, 2.45) is 23.1 Å². The number of carboxylic acid groups (broad SMARTS) is 1. The highest BCUT2D eigenvalue weighted by Gasteiger charge is 2.38. The third kappa shape index (κ3) is 11.8. The number of carbonyl (C=O) groups is 8. The maximum atomic E-state index is 13.2. The molecule has 0 unspecified atom stereocenters. The zero-order valence-electron chi connectivity index (χ0n) is 25.0. The molecule has 18 heteroatoms. The van der Waals surface area contributed by atoms with Gasteiger partial charge >= 0.3 is 5.97 Å². The van der Waals surface area contributed by atoms with Gasteiger partial charge in [0.05, 0.1) is 12.6 Å². The number of primary amides is 2. The van der Waals surface area contributed by atoms with Gasteiger partial charge in [-0.05, 0) is 38.5 Å². The van der Waals surface area contributed by atoms with Crippen molar-refractivity contribution in [3.05, 3.63) is 0 Å². The molecule has 0 aromatic rings. The molecule has 0 saturated carbocycles. The fourth-order valence-electron chi connectivity index (χ4n) is 4.40. The number of likely N-dealkylation sites (tertiary alicyclic amines) is 1. The van der Waals surface area contributed by atoms with Crippen molar-refractivity contribution in [1.29, 1.82) is 0 Å². The van der Waals surface area contributed by atoms with E-state index >= 15 is 0 Å². The van der Waals surface area contributed by atoms with Crippen molar-refractivity contribution in [1.82, 2.24) is 26.2 Å². The van der Waals surface area contributed by atoms with Crippen LogP contribution in [0, 0.1) is 5.92 Å². The summed E-state index contributed by atoms with van der Waals surface area (Å²) in [4.78, 5) is 99.5. The first-order valence-electron chi connectivity index (χ1n) is 14.2. The monoisotopic (exact) mass is 628 g/mol. The first-order chi connectivity index (χ1) is 20.5. The van der Waals surface area contributed by atoms with Gasteiger partial charge in [-0.15, -0.1) is 0 Å². The van der Waals surface area contributed by atoms with Crippen LogP contribution < -0.4 is 38.5 Å². The maximum Gasteiger partial charge on any atom is 0.328 e. The SMILES string of the molecule is CC(C)[C@H](NC(=O)[C@H](C)NC(=O)[C@H](CCC(N)=O)NC(=O)[C@@H]1CCCN1C(=O)[C@@H](N)CCC(N)=O)C(=O)N[C@@H](CO)C(=O)O. The number of carbonyl (C=O) groups excluding carboxylic acids is 7. The van der Waals surface area contributed by atoms with Crippen LogP contribution in [0.25, 0.3) is 0 Å². The van der Waals surface area contributed by atoms with E-state index in [1.807, 2.05) is 0 Å². The van der Waals surface area contributed by atoms with Crippen LogP contribution in [0.5, 0.6) is 0 Å². The third-order valence-electron chi connectivity index (χ3n) is 6.97. The van der Waals surface area contributed by atoms with Crippen molar-refractivity contribution < 1.29 is 48.6 Å². The number of amides is 7. The van der Waals surface area contributed by atoms with Crippen LogP contribution in [0.15, 0.2) is 0 Å². The Bertz CT molecular complexity index is 1100. The summed E-state index contributed by atoms with van der Waals surface area (Å²) in [6, 6.07) is -7.46. The minimum absolute atomic E-state index is 0.0104. The van der Waals surface area contributed by atoms with Crippen LogP contribution in [-0.2, 0) is 38.4 Å². The van der Waals surface area contributed by atoms with Crippen LogP contribution >= 0.6 is 0 Å². The Labute approximate surface area is 254 Å². The molecule has 1 heterocycles. The number of rotatable bonds is 18. The van der Waals surface area contributed by atoms with E-state index in [2.05, 4.69) is 21.3 Å². The number of hydrogen-bond donors (Lipinski definition) is 9. The molecular weight excluding hydrogens is 584 g/mol. The van der Waals surface area contributed by atoms with Crippen molar-refractivity contribution in [2.45, 2.75) is 95.5 Å². The highest BCUT2D eigenvalue weighted by atomic mass is 16.4. The lowest BCUT2D eigenvalue weighted by atomic mass is 10.0. The molecule has 0 aromatic carbocycles. The smallest absolute Gasteiger partial charge is 0.328 e. The largest absolute Gasteiger partial charge is 0.480 e. The van der Waals surface area contributed by atoms with E-state index in [0.29, 0.717) is 6.42 Å². The van der Waals surface area contributed by atoms with Crippen LogP contribution in [0.1, 0.15) is 59.3 Å². The molecule has 0 aliphatic carbocycles. The first kappa shape index (κ1) is 37.7. The highest BCUT2D eigenvalue weighted by Crippen LogP contribution is 2.19. The molecule has 0 bridgehead atoms. The van der Waals surface area contributed by atoms with Gasteiger partial charge in [-0.25, -0.2) is 4.79 Å². The minimum atomic E-state index is -1.59. The Kier molecular flexibility index (Phi) is 15.2. The van der Waals surface area contributed by atoms with E-state index in [1.165, 1.54) is 11.8 Å². The zero-order chi connectivity index (χ0) is 33.7. The number of aliphatic carboxylic acids is 1. The summed E-state index contributed by atoms with van der Waals surface area (Å²) in [5.41, 5.74) is 16.2. The highest BCUT2D eigenvalue weighted by molar-refractivity contribution is 5.96. The predicted molar refractivity (Wildman–Crippen MR) is 153 cm³/mol. The van der Waals surface area contributed by atoms with E-state index in [-0.39, 0.29) is 38.6 Å². The van der Waals surface area contributed by atoms with Gasteiger partial charge in [0.25, 0.3) is 0 Å². The number of carboxylic acids is 1. The average Bonchev–Trinajstić information content (AvgIpc) is 3.44. The lowest BCUT2D eigenvalue weighted by Gasteiger charge is -2.29. The number of aliphatic hydroxyl groups is 1. The van der Waals surface area contributed by atoms with Gasteiger partial charge < -0.3 is 53.6 Å². The number of aliphatic hydroxyl groups excluding tert-OH is 1. The molecule has 1 aliphatic heterocycles. The molecule has 248 valence electrons. The molecule has 1 fully saturated rings. The Morgan fingerprint density at radius 1 is 0.818 bits per heavy atom. The fraction of sp³-hybridized carbons (Fsp3) is 0.692.